The highest BCUT2D eigenvalue weighted by molar-refractivity contribution is 7.16. The Morgan fingerprint density at radius 1 is 1.14 bits per heavy atom. The number of aryl methyl sites for hydroxylation is 1. The van der Waals surface area contributed by atoms with E-state index in [-0.39, 0.29) is 0 Å². The Hall–Kier alpha value is -2.70. The van der Waals surface area contributed by atoms with Crippen LogP contribution in [0.25, 0.3) is 0 Å². The third-order valence-electron chi connectivity index (χ3n) is 3.08. The van der Waals surface area contributed by atoms with Crippen molar-refractivity contribution in [1.82, 2.24) is 0 Å². The molecular formula is C15H13N5S. The summed E-state index contributed by atoms with van der Waals surface area (Å²) < 4.78 is 0. The van der Waals surface area contributed by atoms with Gasteiger partial charge in [0.15, 0.2) is 5.00 Å². The van der Waals surface area contributed by atoms with Crippen LogP contribution in [0.2, 0.25) is 0 Å². The van der Waals surface area contributed by atoms with Gasteiger partial charge in [0.05, 0.1) is 11.3 Å². The summed E-state index contributed by atoms with van der Waals surface area (Å²) in [4.78, 5) is 0.503. The molecule has 0 aliphatic heterocycles. The maximum absolute atomic E-state index is 9.17. The summed E-state index contributed by atoms with van der Waals surface area (Å²) in [7, 11) is 1.85. The molecule has 0 atom stereocenters. The van der Waals surface area contributed by atoms with Crippen LogP contribution in [0.4, 0.5) is 16.4 Å². The number of thiophene rings is 1. The summed E-state index contributed by atoms with van der Waals surface area (Å²) in [6, 6.07) is 9.90. The largest absolute Gasteiger partial charge is 0.388 e. The number of rotatable bonds is 3. The molecule has 0 unspecified atom stereocenters. The molecule has 2 aromatic rings. The van der Waals surface area contributed by atoms with Gasteiger partial charge in [0.25, 0.3) is 0 Å². The molecule has 104 valence electrons. The molecule has 1 heterocycles. The van der Waals surface area contributed by atoms with Gasteiger partial charge in [-0.2, -0.15) is 10.5 Å². The molecule has 21 heavy (non-hydrogen) atoms. The van der Waals surface area contributed by atoms with E-state index in [2.05, 4.69) is 27.7 Å². The molecule has 0 saturated carbocycles. The quantitative estimate of drug-likeness (QED) is 0.842. The minimum Gasteiger partial charge on any atom is -0.388 e. The molecule has 1 N–H and O–H groups in total. The van der Waals surface area contributed by atoms with Gasteiger partial charge in [-0.1, -0.05) is 0 Å². The first-order chi connectivity index (χ1) is 10.1. The minimum absolute atomic E-state index is 0.421. The predicted molar refractivity (Wildman–Crippen MR) is 83.4 cm³/mol. The van der Waals surface area contributed by atoms with Gasteiger partial charge in [-0.05, 0) is 43.2 Å². The zero-order valence-electron chi connectivity index (χ0n) is 11.9. The Balaban J connectivity index is 2.39. The lowest BCUT2D eigenvalue weighted by Crippen LogP contribution is -1.87. The van der Waals surface area contributed by atoms with Crippen LogP contribution in [0.15, 0.2) is 28.4 Å². The van der Waals surface area contributed by atoms with Gasteiger partial charge in [0.1, 0.15) is 17.0 Å². The molecule has 0 bridgehead atoms. The number of hydrogen-bond acceptors (Lipinski definition) is 6. The Morgan fingerprint density at radius 2 is 1.90 bits per heavy atom. The summed E-state index contributed by atoms with van der Waals surface area (Å²) in [5.74, 6) is 0. The number of anilines is 1. The molecule has 6 heteroatoms. The smallest absolute Gasteiger partial charge is 0.158 e. The second-order valence-corrected chi connectivity index (χ2v) is 5.41. The number of nitrogens with zero attached hydrogens (tertiary/aromatic N) is 4. The van der Waals surface area contributed by atoms with Crippen LogP contribution in [0.1, 0.15) is 21.6 Å². The monoisotopic (exact) mass is 295 g/mol. The fourth-order valence-electron chi connectivity index (χ4n) is 1.83. The number of benzene rings is 1. The Kier molecular flexibility index (Phi) is 4.32. The van der Waals surface area contributed by atoms with E-state index < -0.39 is 0 Å². The van der Waals surface area contributed by atoms with Crippen LogP contribution in [-0.4, -0.2) is 7.05 Å². The van der Waals surface area contributed by atoms with Gasteiger partial charge < -0.3 is 5.32 Å². The van der Waals surface area contributed by atoms with Gasteiger partial charge >= 0.3 is 0 Å². The normalized spacial score (nSPS) is 10.3. The van der Waals surface area contributed by atoms with Crippen molar-refractivity contribution in [3.05, 3.63) is 39.8 Å². The van der Waals surface area contributed by atoms with Gasteiger partial charge in [-0.15, -0.1) is 21.6 Å². The molecule has 0 fully saturated rings. The molecule has 1 aromatic carbocycles. The van der Waals surface area contributed by atoms with E-state index in [1.165, 1.54) is 11.3 Å². The zero-order chi connectivity index (χ0) is 15.4. The standard InChI is InChI=1S/C15H13N5S/c1-9-6-11(18-3)4-5-13(9)19-20-15-12(7-16)10(2)14(8-17)21-15/h4-6,18H,1-3H3/b20-19+. The lowest BCUT2D eigenvalue weighted by atomic mass is 10.2. The third-order valence-corrected chi connectivity index (χ3v) is 4.16. The van der Waals surface area contributed by atoms with E-state index in [0.29, 0.717) is 21.0 Å². The summed E-state index contributed by atoms with van der Waals surface area (Å²) in [5, 5.41) is 30.0. The maximum atomic E-state index is 9.17. The van der Waals surface area contributed by atoms with E-state index in [1.807, 2.05) is 32.2 Å². The predicted octanol–water partition coefficient (Wildman–Crippen LogP) is 4.57. The first-order valence-electron chi connectivity index (χ1n) is 6.24. The van der Waals surface area contributed by atoms with Gasteiger partial charge in [0, 0.05) is 12.7 Å². The van der Waals surface area contributed by atoms with Crippen LogP contribution in [0.3, 0.4) is 0 Å². The summed E-state index contributed by atoms with van der Waals surface area (Å²) in [6.45, 7) is 3.69. The van der Waals surface area contributed by atoms with Crippen LogP contribution in [-0.2, 0) is 0 Å². The maximum Gasteiger partial charge on any atom is 0.158 e. The average molecular weight is 295 g/mol. The highest BCUT2D eigenvalue weighted by Gasteiger charge is 2.14. The highest BCUT2D eigenvalue weighted by atomic mass is 32.1. The molecule has 0 radical (unpaired) electrons. The van der Waals surface area contributed by atoms with E-state index >= 15 is 0 Å². The van der Waals surface area contributed by atoms with E-state index in [0.717, 1.165) is 16.9 Å². The highest BCUT2D eigenvalue weighted by Crippen LogP contribution is 2.35. The fourth-order valence-corrected chi connectivity index (χ4v) is 2.71. The van der Waals surface area contributed by atoms with Crippen molar-refractivity contribution in [3.8, 4) is 12.1 Å². The number of hydrogen-bond donors (Lipinski definition) is 1. The summed E-state index contributed by atoms with van der Waals surface area (Å²) in [5.41, 5.74) is 3.81. The SMILES string of the molecule is CNc1ccc(/N=N/c2sc(C#N)c(C)c2C#N)c(C)c1. The Morgan fingerprint density at radius 3 is 2.48 bits per heavy atom. The average Bonchev–Trinajstić information content (AvgIpc) is 2.81. The number of azo groups is 1. The molecule has 1 aromatic heterocycles. The fraction of sp³-hybridized carbons (Fsp3) is 0.200. The van der Waals surface area contributed by atoms with Crippen molar-refractivity contribution in [1.29, 1.82) is 10.5 Å². The summed E-state index contributed by atoms with van der Waals surface area (Å²) >= 11 is 1.19. The van der Waals surface area contributed by atoms with Crippen LogP contribution in [0.5, 0.6) is 0 Å². The molecule has 0 aliphatic carbocycles. The lowest BCUT2D eigenvalue weighted by molar-refractivity contribution is 1.22. The number of nitriles is 2. The molecule has 0 saturated heterocycles. The van der Waals surface area contributed by atoms with Crippen molar-refractivity contribution >= 4 is 27.7 Å². The van der Waals surface area contributed by atoms with Crippen molar-refractivity contribution < 1.29 is 0 Å². The number of nitrogens with one attached hydrogen (secondary N) is 1. The van der Waals surface area contributed by atoms with Gasteiger partial charge in [0.2, 0.25) is 0 Å². The molecule has 0 aliphatic rings. The molecule has 5 nitrogen and oxygen atoms in total. The minimum atomic E-state index is 0.421. The zero-order valence-corrected chi connectivity index (χ0v) is 12.7. The van der Waals surface area contributed by atoms with Crippen LogP contribution in [0, 0.1) is 36.5 Å². The van der Waals surface area contributed by atoms with Crippen LogP contribution >= 0.6 is 11.3 Å². The van der Waals surface area contributed by atoms with E-state index in [9.17, 15) is 0 Å². The second kappa shape index (κ2) is 6.17. The molecule has 0 amide bonds. The molecular weight excluding hydrogens is 282 g/mol. The molecule has 2 rings (SSSR count). The van der Waals surface area contributed by atoms with Crippen LogP contribution < -0.4 is 5.32 Å². The van der Waals surface area contributed by atoms with Crippen molar-refractivity contribution in [2.24, 2.45) is 10.2 Å². The second-order valence-electron chi connectivity index (χ2n) is 4.41. The van der Waals surface area contributed by atoms with E-state index in [4.69, 9.17) is 10.5 Å². The first kappa shape index (κ1) is 14.7. The Labute approximate surface area is 127 Å². The van der Waals surface area contributed by atoms with Crippen molar-refractivity contribution in [3.63, 3.8) is 0 Å². The Bertz CT molecular complexity index is 790. The van der Waals surface area contributed by atoms with E-state index in [1.54, 1.807) is 6.92 Å². The van der Waals surface area contributed by atoms with Crippen molar-refractivity contribution in [2.75, 3.05) is 12.4 Å². The third kappa shape index (κ3) is 2.91. The first-order valence-corrected chi connectivity index (χ1v) is 7.06. The molecule has 0 spiro atoms. The van der Waals surface area contributed by atoms with Gasteiger partial charge in [-0.3, -0.25) is 0 Å². The summed E-state index contributed by atoms with van der Waals surface area (Å²) in [6.07, 6.45) is 0. The topological polar surface area (TPSA) is 84.3 Å². The van der Waals surface area contributed by atoms with Crippen molar-refractivity contribution in [2.45, 2.75) is 13.8 Å². The van der Waals surface area contributed by atoms with Gasteiger partial charge in [-0.25, -0.2) is 0 Å². The lowest BCUT2D eigenvalue weighted by Gasteiger charge is -2.03.